The van der Waals surface area contributed by atoms with Crippen LogP contribution in [0.25, 0.3) is 0 Å². The van der Waals surface area contributed by atoms with Crippen molar-refractivity contribution in [2.24, 2.45) is 0 Å². The van der Waals surface area contributed by atoms with Crippen molar-refractivity contribution in [3.8, 4) is 11.8 Å². The summed E-state index contributed by atoms with van der Waals surface area (Å²) in [4.78, 5) is 14.6. The average Bonchev–Trinajstić information content (AvgIpc) is 2.20. The fourth-order valence-electron chi connectivity index (χ4n) is 0.938. The van der Waals surface area contributed by atoms with Crippen LogP contribution in [-0.4, -0.2) is 17.4 Å². The van der Waals surface area contributed by atoms with Crippen LogP contribution in [0.5, 0.6) is 0 Å². The van der Waals surface area contributed by atoms with Crippen LogP contribution in [-0.2, 0) is 4.79 Å². The van der Waals surface area contributed by atoms with Crippen molar-refractivity contribution in [3.63, 3.8) is 0 Å². The first-order chi connectivity index (χ1) is 7.20. The molecule has 0 aromatic carbocycles. The van der Waals surface area contributed by atoms with Crippen LogP contribution in [0.3, 0.4) is 0 Å². The lowest BCUT2D eigenvalue weighted by Crippen LogP contribution is -2.20. The Kier molecular flexibility index (Phi) is 4.85. The number of rotatable bonds is 2. The summed E-state index contributed by atoms with van der Waals surface area (Å²) in [6.07, 6.45) is 2.34. The largest absolute Gasteiger partial charge is 0.355 e. The van der Waals surface area contributed by atoms with Gasteiger partial charge in [0.05, 0.1) is 5.56 Å². The molecule has 1 N–H and O–H groups in total. The minimum absolute atomic E-state index is 0.0284. The van der Waals surface area contributed by atoms with Crippen molar-refractivity contribution < 1.29 is 4.79 Å². The minimum atomic E-state index is -0.0284. The van der Waals surface area contributed by atoms with Gasteiger partial charge in [-0.2, -0.15) is 0 Å². The maximum Gasteiger partial charge on any atom is 0.216 e. The molecule has 0 saturated heterocycles. The van der Waals surface area contributed by atoms with E-state index in [1.807, 2.05) is 12.1 Å². The van der Waals surface area contributed by atoms with Crippen molar-refractivity contribution in [3.05, 3.63) is 28.5 Å². The highest BCUT2D eigenvalue weighted by Crippen LogP contribution is 2.10. The van der Waals surface area contributed by atoms with Crippen LogP contribution in [0.4, 0.5) is 0 Å². The standard InChI is InChI=1S/C11H11BrN2O/c1-9(15)13-7-3-2-5-10-6-4-8-14-11(10)12/h4,6,8H,3,7H2,1H3,(H,13,15). The molecular formula is C11H11BrN2O. The van der Waals surface area contributed by atoms with Crippen LogP contribution in [0.2, 0.25) is 0 Å². The topological polar surface area (TPSA) is 42.0 Å². The summed E-state index contributed by atoms with van der Waals surface area (Å²) in [6, 6.07) is 3.73. The van der Waals surface area contributed by atoms with E-state index in [0.717, 1.165) is 10.2 Å². The number of nitrogens with one attached hydrogen (secondary N) is 1. The molecule has 4 heteroatoms. The molecule has 0 spiro atoms. The number of carbonyl (C=O) groups excluding carboxylic acids is 1. The molecule has 1 rings (SSSR count). The zero-order valence-corrected chi connectivity index (χ0v) is 9.97. The van der Waals surface area contributed by atoms with Gasteiger partial charge < -0.3 is 5.32 Å². The van der Waals surface area contributed by atoms with Gasteiger partial charge in [-0.1, -0.05) is 11.8 Å². The highest BCUT2D eigenvalue weighted by molar-refractivity contribution is 9.10. The predicted octanol–water partition coefficient (Wildman–Crippen LogP) is 1.72. The number of halogens is 1. The van der Waals surface area contributed by atoms with Gasteiger partial charge in [0.2, 0.25) is 5.91 Å². The molecule has 0 saturated carbocycles. The monoisotopic (exact) mass is 266 g/mol. The van der Waals surface area contributed by atoms with Crippen molar-refractivity contribution in [1.29, 1.82) is 0 Å². The molecule has 0 atom stereocenters. The number of hydrogen-bond acceptors (Lipinski definition) is 2. The maximum absolute atomic E-state index is 10.6. The molecule has 0 fully saturated rings. The Hall–Kier alpha value is -1.34. The maximum atomic E-state index is 10.6. The number of hydrogen-bond donors (Lipinski definition) is 1. The first kappa shape index (κ1) is 11.7. The SMILES string of the molecule is CC(=O)NCCC#Cc1cccnc1Br. The number of aromatic nitrogens is 1. The van der Waals surface area contributed by atoms with Crippen molar-refractivity contribution in [2.45, 2.75) is 13.3 Å². The van der Waals surface area contributed by atoms with Crippen molar-refractivity contribution >= 4 is 21.8 Å². The van der Waals surface area contributed by atoms with E-state index in [2.05, 4.69) is 38.1 Å². The van der Waals surface area contributed by atoms with Crippen molar-refractivity contribution in [1.82, 2.24) is 10.3 Å². The summed E-state index contributed by atoms with van der Waals surface area (Å²) in [7, 11) is 0. The van der Waals surface area contributed by atoms with Gasteiger partial charge in [-0.25, -0.2) is 4.98 Å². The first-order valence-corrected chi connectivity index (χ1v) is 5.33. The van der Waals surface area contributed by atoms with Crippen molar-refractivity contribution in [2.75, 3.05) is 6.54 Å². The lowest BCUT2D eigenvalue weighted by molar-refractivity contribution is -0.118. The third-order valence-electron chi connectivity index (χ3n) is 1.61. The van der Waals surface area contributed by atoms with Gasteiger partial charge in [0.15, 0.2) is 0 Å². The van der Waals surface area contributed by atoms with Gasteiger partial charge in [-0.15, -0.1) is 0 Å². The Bertz CT molecular complexity index is 407. The lowest BCUT2D eigenvalue weighted by atomic mass is 10.3. The zero-order chi connectivity index (χ0) is 11.1. The van der Waals surface area contributed by atoms with E-state index in [4.69, 9.17) is 0 Å². The van der Waals surface area contributed by atoms with Gasteiger partial charge in [-0.05, 0) is 28.1 Å². The van der Waals surface area contributed by atoms with E-state index in [0.29, 0.717) is 13.0 Å². The molecule has 0 aliphatic heterocycles. The van der Waals surface area contributed by atoms with Crippen LogP contribution in [0, 0.1) is 11.8 Å². The Labute approximate surface area is 97.4 Å². The second-order valence-electron chi connectivity index (χ2n) is 2.88. The molecule has 1 aromatic heterocycles. The molecule has 1 heterocycles. The molecule has 0 aliphatic carbocycles. The Morgan fingerprint density at radius 3 is 3.13 bits per heavy atom. The first-order valence-electron chi connectivity index (χ1n) is 4.54. The average molecular weight is 267 g/mol. The Morgan fingerprint density at radius 1 is 1.67 bits per heavy atom. The van der Waals surface area contributed by atoms with Crippen LogP contribution in [0.1, 0.15) is 18.9 Å². The fourth-order valence-corrected chi connectivity index (χ4v) is 1.29. The summed E-state index contributed by atoms with van der Waals surface area (Å²) in [6.45, 7) is 2.07. The lowest BCUT2D eigenvalue weighted by Gasteiger charge is -1.95. The van der Waals surface area contributed by atoms with Crippen LogP contribution in [0.15, 0.2) is 22.9 Å². The van der Waals surface area contributed by atoms with Gasteiger partial charge >= 0.3 is 0 Å². The van der Waals surface area contributed by atoms with Gasteiger partial charge in [0.1, 0.15) is 4.60 Å². The van der Waals surface area contributed by atoms with E-state index in [9.17, 15) is 4.79 Å². The number of pyridine rings is 1. The van der Waals surface area contributed by atoms with Crippen LogP contribution < -0.4 is 5.32 Å². The highest BCUT2D eigenvalue weighted by atomic mass is 79.9. The third kappa shape index (κ3) is 4.61. The summed E-state index contributed by atoms with van der Waals surface area (Å²) in [5.41, 5.74) is 0.861. The van der Waals surface area contributed by atoms with Gasteiger partial charge in [0.25, 0.3) is 0 Å². The number of carbonyl (C=O) groups is 1. The quantitative estimate of drug-likeness (QED) is 0.503. The minimum Gasteiger partial charge on any atom is -0.355 e. The second-order valence-corrected chi connectivity index (χ2v) is 3.63. The molecule has 1 aromatic rings. The molecule has 0 bridgehead atoms. The normalized spacial score (nSPS) is 8.93. The fraction of sp³-hybridized carbons (Fsp3) is 0.273. The van der Waals surface area contributed by atoms with Gasteiger partial charge in [0, 0.05) is 26.1 Å². The van der Waals surface area contributed by atoms with E-state index in [1.54, 1.807) is 6.20 Å². The predicted molar refractivity (Wildman–Crippen MR) is 62.1 cm³/mol. The van der Waals surface area contributed by atoms with E-state index >= 15 is 0 Å². The molecular weight excluding hydrogens is 256 g/mol. The van der Waals surface area contributed by atoms with E-state index in [-0.39, 0.29) is 5.91 Å². The summed E-state index contributed by atoms with van der Waals surface area (Å²) < 4.78 is 0.747. The van der Waals surface area contributed by atoms with E-state index in [1.165, 1.54) is 6.92 Å². The zero-order valence-electron chi connectivity index (χ0n) is 8.38. The highest BCUT2D eigenvalue weighted by Gasteiger charge is 1.93. The summed E-state index contributed by atoms with van der Waals surface area (Å²) in [5.74, 6) is 5.91. The second kappa shape index (κ2) is 6.20. The molecule has 0 aliphatic rings. The third-order valence-corrected chi connectivity index (χ3v) is 2.24. The van der Waals surface area contributed by atoms with Crippen LogP contribution >= 0.6 is 15.9 Å². The molecule has 0 radical (unpaired) electrons. The Balaban J connectivity index is 2.45. The summed E-state index contributed by atoms with van der Waals surface area (Å²) >= 11 is 3.31. The molecule has 3 nitrogen and oxygen atoms in total. The number of nitrogens with zero attached hydrogens (tertiary/aromatic N) is 1. The van der Waals surface area contributed by atoms with Gasteiger partial charge in [-0.3, -0.25) is 4.79 Å². The van der Waals surface area contributed by atoms with E-state index < -0.39 is 0 Å². The molecule has 78 valence electrons. The number of amides is 1. The summed E-state index contributed by atoms with van der Waals surface area (Å²) in [5, 5.41) is 2.68. The molecule has 1 amide bonds. The smallest absolute Gasteiger partial charge is 0.216 e. The Morgan fingerprint density at radius 2 is 2.47 bits per heavy atom. The molecule has 15 heavy (non-hydrogen) atoms. The molecule has 0 unspecified atom stereocenters.